The maximum atomic E-state index is 12.0. The van der Waals surface area contributed by atoms with Crippen LogP contribution >= 0.6 is 0 Å². The van der Waals surface area contributed by atoms with Crippen molar-refractivity contribution in [2.24, 2.45) is 0 Å². The summed E-state index contributed by atoms with van der Waals surface area (Å²) in [6.45, 7) is 5.64. The average molecular weight is 192 g/mol. The lowest BCUT2D eigenvalue weighted by Crippen LogP contribution is -2.44. The Labute approximate surface area is 84.6 Å². The first-order valence-corrected chi connectivity index (χ1v) is 4.63. The largest absolute Gasteiger partial charge is 0.308 e. The Balaban J connectivity index is 3.07. The van der Waals surface area contributed by atoms with E-state index in [0.717, 1.165) is 5.56 Å². The molecule has 1 aromatic rings. The summed E-state index contributed by atoms with van der Waals surface area (Å²) in [5, 5.41) is 2.99. The number of nitrogens with zero attached hydrogens (tertiary/aromatic N) is 1. The van der Waals surface area contributed by atoms with E-state index in [0.29, 0.717) is 5.56 Å². The van der Waals surface area contributed by atoms with Crippen molar-refractivity contribution in [1.82, 2.24) is 10.3 Å². The molecule has 1 heterocycles. The van der Waals surface area contributed by atoms with Crippen LogP contribution in [0.15, 0.2) is 18.5 Å². The average Bonchev–Trinajstić information content (AvgIpc) is 2.17. The Morgan fingerprint density at radius 2 is 2.14 bits per heavy atom. The Morgan fingerprint density at radius 1 is 1.50 bits per heavy atom. The molecule has 1 aromatic heterocycles. The SMILES string of the molecule is CNC(C)(C)C(=O)c1cnccc1C. The van der Waals surface area contributed by atoms with Crippen molar-refractivity contribution in [3.63, 3.8) is 0 Å². The van der Waals surface area contributed by atoms with Gasteiger partial charge >= 0.3 is 0 Å². The van der Waals surface area contributed by atoms with Gasteiger partial charge in [0.05, 0.1) is 5.54 Å². The first kappa shape index (κ1) is 10.9. The van der Waals surface area contributed by atoms with Gasteiger partial charge in [-0.3, -0.25) is 9.78 Å². The molecule has 0 aromatic carbocycles. The van der Waals surface area contributed by atoms with Crippen molar-refractivity contribution < 1.29 is 4.79 Å². The summed E-state index contributed by atoms with van der Waals surface area (Å²) in [5.74, 6) is 0.0746. The van der Waals surface area contributed by atoms with E-state index in [1.54, 1.807) is 19.4 Å². The Morgan fingerprint density at radius 3 is 2.64 bits per heavy atom. The number of aryl methyl sites for hydroxylation is 1. The predicted octanol–water partition coefficient (Wildman–Crippen LogP) is 1.57. The van der Waals surface area contributed by atoms with Gasteiger partial charge in [-0.1, -0.05) is 0 Å². The molecule has 0 unspecified atom stereocenters. The smallest absolute Gasteiger partial charge is 0.184 e. The van der Waals surface area contributed by atoms with Gasteiger partial charge in [0.1, 0.15) is 0 Å². The molecule has 0 aliphatic rings. The molecule has 0 fully saturated rings. The van der Waals surface area contributed by atoms with E-state index in [4.69, 9.17) is 0 Å². The summed E-state index contributed by atoms with van der Waals surface area (Å²) in [7, 11) is 1.78. The second-order valence-electron chi connectivity index (χ2n) is 3.89. The summed E-state index contributed by atoms with van der Waals surface area (Å²) in [4.78, 5) is 16.0. The summed E-state index contributed by atoms with van der Waals surface area (Å²) in [5.41, 5.74) is 1.12. The number of carbonyl (C=O) groups is 1. The zero-order valence-corrected chi connectivity index (χ0v) is 9.09. The molecule has 14 heavy (non-hydrogen) atoms. The second kappa shape index (κ2) is 3.88. The molecule has 0 aliphatic heterocycles. The van der Waals surface area contributed by atoms with Gasteiger partial charge in [0.15, 0.2) is 5.78 Å². The maximum Gasteiger partial charge on any atom is 0.184 e. The summed E-state index contributed by atoms with van der Waals surface area (Å²) >= 11 is 0. The molecule has 0 bridgehead atoms. The zero-order valence-electron chi connectivity index (χ0n) is 9.09. The van der Waals surface area contributed by atoms with Crippen molar-refractivity contribution in [2.75, 3.05) is 7.05 Å². The van der Waals surface area contributed by atoms with Crippen LogP contribution in [0, 0.1) is 6.92 Å². The molecule has 3 nitrogen and oxygen atoms in total. The highest BCUT2D eigenvalue weighted by Crippen LogP contribution is 2.14. The van der Waals surface area contributed by atoms with Crippen molar-refractivity contribution in [1.29, 1.82) is 0 Å². The van der Waals surface area contributed by atoms with Crippen LogP contribution in [0.3, 0.4) is 0 Å². The number of Topliss-reactive ketones (excluding diaryl/α,β-unsaturated/α-hetero) is 1. The van der Waals surface area contributed by atoms with Crippen LogP contribution in [0.2, 0.25) is 0 Å². The van der Waals surface area contributed by atoms with E-state index in [1.165, 1.54) is 0 Å². The van der Waals surface area contributed by atoms with Crippen molar-refractivity contribution >= 4 is 5.78 Å². The quantitative estimate of drug-likeness (QED) is 0.739. The standard InChI is InChI=1S/C11H16N2O/c1-8-5-6-13-7-9(8)10(14)11(2,3)12-4/h5-7,12H,1-4H3. The number of nitrogens with one attached hydrogen (secondary N) is 1. The van der Waals surface area contributed by atoms with Crippen LogP contribution in [-0.4, -0.2) is 23.4 Å². The number of pyridine rings is 1. The molecule has 1 rings (SSSR count). The van der Waals surface area contributed by atoms with Crippen LogP contribution in [0.4, 0.5) is 0 Å². The highest BCUT2D eigenvalue weighted by atomic mass is 16.1. The third kappa shape index (κ3) is 1.99. The van der Waals surface area contributed by atoms with E-state index < -0.39 is 5.54 Å². The fourth-order valence-electron chi connectivity index (χ4n) is 1.15. The number of ketones is 1. The van der Waals surface area contributed by atoms with Gasteiger partial charge in [-0.05, 0) is 39.4 Å². The number of carbonyl (C=O) groups excluding carboxylic acids is 1. The topological polar surface area (TPSA) is 42.0 Å². The first-order chi connectivity index (χ1) is 6.49. The van der Waals surface area contributed by atoms with Gasteiger partial charge < -0.3 is 5.32 Å². The van der Waals surface area contributed by atoms with Crippen molar-refractivity contribution in [2.45, 2.75) is 26.3 Å². The molecule has 0 aliphatic carbocycles. The molecule has 0 amide bonds. The van der Waals surface area contributed by atoms with Gasteiger partial charge in [-0.25, -0.2) is 0 Å². The lowest BCUT2D eigenvalue weighted by molar-refractivity contribution is 0.0888. The number of likely N-dealkylation sites (N-methyl/N-ethyl adjacent to an activating group) is 1. The van der Waals surface area contributed by atoms with Crippen LogP contribution in [0.1, 0.15) is 29.8 Å². The van der Waals surface area contributed by atoms with E-state index in [9.17, 15) is 4.79 Å². The molecular formula is C11H16N2O. The Hall–Kier alpha value is -1.22. The van der Waals surface area contributed by atoms with Crippen molar-refractivity contribution in [3.8, 4) is 0 Å². The molecule has 1 N–H and O–H groups in total. The van der Waals surface area contributed by atoms with Gasteiger partial charge in [0, 0.05) is 18.0 Å². The van der Waals surface area contributed by atoms with Gasteiger partial charge in [-0.2, -0.15) is 0 Å². The van der Waals surface area contributed by atoms with Gasteiger partial charge in [0.2, 0.25) is 0 Å². The second-order valence-corrected chi connectivity index (χ2v) is 3.89. The highest BCUT2D eigenvalue weighted by Gasteiger charge is 2.27. The minimum Gasteiger partial charge on any atom is -0.308 e. The lowest BCUT2D eigenvalue weighted by Gasteiger charge is -2.22. The molecule has 0 saturated carbocycles. The van der Waals surface area contributed by atoms with Crippen LogP contribution in [0.25, 0.3) is 0 Å². The number of rotatable bonds is 3. The summed E-state index contributed by atoms with van der Waals surface area (Å²) < 4.78 is 0. The summed E-state index contributed by atoms with van der Waals surface area (Å²) in [6.07, 6.45) is 3.31. The van der Waals surface area contributed by atoms with Gasteiger partial charge in [-0.15, -0.1) is 0 Å². The van der Waals surface area contributed by atoms with Crippen LogP contribution in [-0.2, 0) is 0 Å². The van der Waals surface area contributed by atoms with E-state index in [2.05, 4.69) is 10.3 Å². The fraction of sp³-hybridized carbons (Fsp3) is 0.455. The van der Waals surface area contributed by atoms with Gasteiger partial charge in [0.25, 0.3) is 0 Å². The molecule has 0 saturated heterocycles. The molecular weight excluding hydrogens is 176 g/mol. The number of hydrogen-bond acceptors (Lipinski definition) is 3. The molecule has 76 valence electrons. The van der Waals surface area contributed by atoms with E-state index in [1.807, 2.05) is 26.8 Å². The zero-order chi connectivity index (χ0) is 10.8. The molecule has 0 radical (unpaired) electrons. The minimum atomic E-state index is -0.534. The molecule has 0 spiro atoms. The first-order valence-electron chi connectivity index (χ1n) is 4.63. The van der Waals surface area contributed by atoms with Crippen molar-refractivity contribution in [3.05, 3.63) is 29.6 Å². The normalized spacial score (nSPS) is 11.4. The minimum absolute atomic E-state index is 0.0746. The highest BCUT2D eigenvalue weighted by molar-refractivity contribution is 6.03. The molecule has 0 atom stereocenters. The fourth-order valence-corrected chi connectivity index (χ4v) is 1.15. The summed E-state index contributed by atoms with van der Waals surface area (Å²) in [6, 6.07) is 1.85. The van der Waals surface area contributed by atoms with Crippen LogP contribution < -0.4 is 5.32 Å². The predicted molar refractivity (Wildman–Crippen MR) is 56.4 cm³/mol. The Bertz CT molecular complexity index is 345. The third-order valence-electron chi connectivity index (χ3n) is 2.48. The number of hydrogen-bond donors (Lipinski definition) is 1. The van der Waals surface area contributed by atoms with Crippen LogP contribution in [0.5, 0.6) is 0 Å². The number of aromatic nitrogens is 1. The lowest BCUT2D eigenvalue weighted by atomic mass is 9.92. The van der Waals surface area contributed by atoms with E-state index in [-0.39, 0.29) is 5.78 Å². The Kier molecular flexibility index (Phi) is 3.01. The monoisotopic (exact) mass is 192 g/mol. The van der Waals surface area contributed by atoms with E-state index >= 15 is 0 Å². The maximum absolute atomic E-state index is 12.0. The third-order valence-corrected chi connectivity index (χ3v) is 2.48. The molecule has 3 heteroatoms.